The van der Waals surface area contributed by atoms with Gasteiger partial charge in [-0.2, -0.15) is 0 Å². The van der Waals surface area contributed by atoms with Crippen LogP contribution in [-0.4, -0.2) is 15.9 Å². The number of amides is 1. The van der Waals surface area contributed by atoms with Crippen LogP contribution in [-0.2, 0) is 11.2 Å². The molecule has 1 amide bonds. The molecule has 6 heteroatoms. The summed E-state index contributed by atoms with van der Waals surface area (Å²) in [6, 6.07) is 4.05. The van der Waals surface area contributed by atoms with Crippen molar-refractivity contribution in [3.63, 3.8) is 0 Å². The van der Waals surface area contributed by atoms with Crippen LogP contribution in [0.15, 0.2) is 22.3 Å². The first-order chi connectivity index (χ1) is 11.5. The highest BCUT2D eigenvalue weighted by atomic mass is 32.1. The lowest BCUT2D eigenvalue weighted by molar-refractivity contribution is -0.121. The lowest BCUT2D eigenvalue weighted by Crippen LogP contribution is -2.35. The van der Waals surface area contributed by atoms with E-state index in [2.05, 4.69) is 35.2 Å². The maximum atomic E-state index is 12.6. The predicted octanol–water partition coefficient (Wildman–Crippen LogP) is 3.28. The minimum atomic E-state index is -0.231. The molecule has 0 aromatic carbocycles. The summed E-state index contributed by atoms with van der Waals surface area (Å²) < 4.78 is 0. The minimum absolute atomic E-state index is 0.00899. The highest BCUT2D eigenvalue weighted by molar-refractivity contribution is 7.10. The van der Waals surface area contributed by atoms with Crippen LogP contribution in [0, 0.1) is 19.8 Å². The minimum Gasteiger partial charge on any atom is -0.348 e. The van der Waals surface area contributed by atoms with Gasteiger partial charge in [0.2, 0.25) is 5.91 Å². The average Bonchev–Trinajstić information content (AvgIpc) is 3.05. The van der Waals surface area contributed by atoms with Gasteiger partial charge < -0.3 is 10.3 Å². The van der Waals surface area contributed by atoms with E-state index in [4.69, 9.17) is 0 Å². The second-order valence-electron chi connectivity index (χ2n) is 6.03. The number of aryl methyl sites for hydroxylation is 2. The van der Waals surface area contributed by atoms with Crippen LogP contribution >= 0.6 is 11.3 Å². The number of hydrogen-bond acceptors (Lipinski definition) is 4. The van der Waals surface area contributed by atoms with Crippen molar-refractivity contribution >= 4 is 17.2 Å². The number of aromatic nitrogens is 2. The Morgan fingerprint density at radius 2 is 2.04 bits per heavy atom. The number of carbonyl (C=O) groups excluding carboxylic acids is 1. The Hall–Kier alpha value is -1.95. The fourth-order valence-corrected chi connectivity index (χ4v) is 3.86. The second kappa shape index (κ2) is 8.24. The smallest absolute Gasteiger partial charge is 0.254 e. The molecule has 2 aromatic heterocycles. The molecular weight excluding hydrogens is 322 g/mol. The zero-order valence-electron chi connectivity index (χ0n) is 14.7. The Morgan fingerprint density at radius 3 is 2.58 bits per heavy atom. The number of hydrogen-bond donors (Lipinski definition) is 2. The Balaban J connectivity index is 2.18. The van der Waals surface area contributed by atoms with Gasteiger partial charge in [-0.25, -0.2) is 4.98 Å². The largest absolute Gasteiger partial charge is 0.348 e. The molecule has 130 valence electrons. The Labute approximate surface area is 146 Å². The molecule has 1 unspecified atom stereocenters. The van der Waals surface area contributed by atoms with Crippen molar-refractivity contribution in [3.8, 4) is 0 Å². The van der Waals surface area contributed by atoms with Crippen LogP contribution in [0.5, 0.6) is 0 Å². The Bertz CT molecular complexity index is 733. The molecule has 0 aliphatic rings. The van der Waals surface area contributed by atoms with Crippen molar-refractivity contribution in [3.05, 3.63) is 49.8 Å². The number of carbonyl (C=O) groups is 1. The lowest BCUT2D eigenvalue weighted by Gasteiger charge is -2.25. The third kappa shape index (κ3) is 4.32. The number of nitrogens with zero attached hydrogens (tertiary/aromatic N) is 1. The molecule has 0 fully saturated rings. The van der Waals surface area contributed by atoms with Crippen LogP contribution < -0.4 is 10.9 Å². The van der Waals surface area contributed by atoms with Crippen molar-refractivity contribution in [2.45, 2.75) is 53.0 Å². The van der Waals surface area contributed by atoms with Gasteiger partial charge in [-0.3, -0.25) is 9.59 Å². The van der Waals surface area contributed by atoms with E-state index in [0.717, 1.165) is 17.7 Å². The van der Waals surface area contributed by atoms with Crippen LogP contribution in [0.3, 0.4) is 0 Å². The number of nitrogens with one attached hydrogen (secondary N) is 2. The van der Waals surface area contributed by atoms with Gasteiger partial charge in [-0.05, 0) is 31.2 Å². The zero-order chi connectivity index (χ0) is 17.7. The molecule has 0 bridgehead atoms. The molecule has 0 saturated carbocycles. The molecule has 0 aliphatic carbocycles. The summed E-state index contributed by atoms with van der Waals surface area (Å²) in [5.74, 6) is 0.804. The predicted molar refractivity (Wildman–Crippen MR) is 97.3 cm³/mol. The fourth-order valence-electron chi connectivity index (χ4n) is 2.99. The molecule has 1 atom stereocenters. The topological polar surface area (TPSA) is 74.8 Å². The molecule has 0 saturated heterocycles. The molecule has 0 aliphatic heterocycles. The van der Waals surface area contributed by atoms with Crippen LogP contribution in [0.1, 0.15) is 54.7 Å². The van der Waals surface area contributed by atoms with Crippen LogP contribution in [0.4, 0.5) is 0 Å². The summed E-state index contributed by atoms with van der Waals surface area (Å²) in [4.78, 5) is 32.7. The van der Waals surface area contributed by atoms with E-state index in [1.54, 1.807) is 25.2 Å². The van der Waals surface area contributed by atoms with Gasteiger partial charge in [0.25, 0.3) is 5.56 Å². The van der Waals surface area contributed by atoms with Crippen LogP contribution in [0.25, 0.3) is 0 Å². The maximum Gasteiger partial charge on any atom is 0.254 e. The molecule has 0 spiro atoms. The molecule has 24 heavy (non-hydrogen) atoms. The SMILES string of the molecule is CCC(CC)C(NC(=O)Cc1c(C)nc(C)[nH]c1=O)c1cccs1. The number of aromatic amines is 1. The molecule has 2 aromatic rings. The number of rotatable bonds is 7. The average molecular weight is 347 g/mol. The highest BCUT2D eigenvalue weighted by Crippen LogP contribution is 2.30. The fraction of sp³-hybridized carbons (Fsp3) is 0.500. The first-order valence-corrected chi connectivity index (χ1v) is 9.23. The summed E-state index contributed by atoms with van der Waals surface area (Å²) in [5.41, 5.74) is 0.819. The van der Waals surface area contributed by atoms with Gasteiger partial charge in [-0.1, -0.05) is 32.8 Å². The van der Waals surface area contributed by atoms with E-state index in [9.17, 15) is 9.59 Å². The monoisotopic (exact) mass is 347 g/mol. The van der Waals surface area contributed by atoms with Gasteiger partial charge in [0.1, 0.15) is 5.82 Å². The number of thiophene rings is 1. The van der Waals surface area contributed by atoms with Crippen molar-refractivity contribution in [1.82, 2.24) is 15.3 Å². The van der Waals surface area contributed by atoms with Crippen molar-refractivity contribution in [2.75, 3.05) is 0 Å². The van der Waals surface area contributed by atoms with E-state index in [1.807, 2.05) is 11.4 Å². The highest BCUT2D eigenvalue weighted by Gasteiger charge is 2.24. The molecule has 2 rings (SSSR count). The van der Waals surface area contributed by atoms with Gasteiger partial charge in [-0.15, -0.1) is 11.3 Å². The van der Waals surface area contributed by atoms with E-state index in [0.29, 0.717) is 23.0 Å². The lowest BCUT2D eigenvalue weighted by atomic mass is 9.92. The van der Waals surface area contributed by atoms with E-state index in [-0.39, 0.29) is 23.9 Å². The summed E-state index contributed by atoms with van der Waals surface area (Å²) in [5, 5.41) is 5.15. The van der Waals surface area contributed by atoms with Gasteiger partial charge in [0.05, 0.1) is 12.5 Å². The third-order valence-electron chi connectivity index (χ3n) is 4.36. The van der Waals surface area contributed by atoms with E-state index in [1.165, 1.54) is 0 Å². The summed E-state index contributed by atoms with van der Waals surface area (Å²) >= 11 is 1.65. The van der Waals surface area contributed by atoms with Crippen molar-refractivity contribution in [1.29, 1.82) is 0 Å². The number of H-pyrrole nitrogens is 1. The normalized spacial score (nSPS) is 12.4. The maximum absolute atomic E-state index is 12.6. The van der Waals surface area contributed by atoms with Crippen LogP contribution in [0.2, 0.25) is 0 Å². The molecule has 2 N–H and O–H groups in total. The molecule has 0 radical (unpaired) electrons. The van der Waals surface area contributed by atoms with Crippen molar-refractivity contribution in [2.24, 2.45) is 5.92 Å². The van der Waals surface area contributed by atoms with Gasteiger partial charge in [0, 0.05) is 16.1 Å². The van der Waals surface area contributed by atoms with Gasteiger partial charge in [0.15, 0.2) is 0 Å². The first-order valence-electron chi connectivity index (χ1n) is 8.35. The summed E-state index contributed by atoms with van der Waals surface area (Å²) in [6.45, 7) is 7.78. The molecule has 2 heterocycles. The quantitative estimate of drug-likeness (QED) is 0.807. The Kier molecular flexibility index (Phi) is 6.31. The zero-order valence-corrected chi connectivity index (χ0v) is 15.5. The first kappa shape index (κ1) is 18.4. The molecular formula is C18H25N3O2S. The summed E-state index contributed by atoms with van der Waals surface area (Å²) in [7, 11) is 0. The second-order valence-corrected chi connectivity index (χ2v) is 7.01. The van der Waals surface area contributed by atoms with Gasteiger partial charge >= 0.3 is 0 Å². The van der Waals surface area contributed by atoms with Crippen molar-refractivity contribution < 1.29 is 4.79 Å². The molecule has 5 nitrogen and oxygen atoms in total. The van der Waals surface area contributed by atoms with E-state index >= 15 is 0 Å². The Morgan fingerprint density at radius 1 is 1.33 bits per heavy atom. The van der Waals surface area contributed by atoms with E-state index < -0.39 is 0 Å². The standard InChI is InChI=1S/C18H25N3O2S/c1-5-13(6-2)17(15-8-7-9-24-15)21-16(22)10-14-11(3)19-12(4)20-18(14)23/h7-9,13,17H,5-6,10H2,1-4H3,(H,21,22)(H,19,20,23). The third-order valence-corrected chi connectivity index (χ3v) is 5.32. The summed E-state index contributed by atoms with van der Waals surface area (Å²) in [6.07, 6.45) is 2.03.